The highest BCUT2D eigenvalue weighted by Gasteiger charge is 2.04. The number of nitrogens with zero attached hydrogens (tertiary/aromatic N) is 1. The number of aryl methyl sites for hydroxylation is 1. The van der Waals surface area contributed by atoms with Gasteiger partial charge < -0.3 is 14.6 Å². The SMILES string of the molecule is COc1cc(/C=N/NC(=O)COc2ccccc2C)ccc1O. The molecule has 0 aliphatic carbocycles. The van der Waals surface area contributed by atoms with Crippen LogP contribution in [0, 0.1) is 6.92 Å². The summed E-state index contributed by atoms with van der Waals surface area (Å²) in [5.74, 6) is 0.675. The quantitative estimate of drug-likeness (QED) is 0.633. The van der Waals surface area contributed by atoms with Gasteiger partial charge in [0, 0.05) is 0 Å². The number of carbonyl (C=O) groups excluding carboxylic acids is 1. The summed E-state index contributed by atoms with van der Waals surface area (Å²) >= 11 is 0. The third kappa shape index (κ3) is 4.74. The number of nitrogens with one attached hydrogen (secondary N) is 1. The molecule has 0 aliphatic heterocycles. The van der Waals surface area contributed by atoms with E-state index in [-0.39, 0.29) is 18.3 Å². The lowest BCUT2D eigenvalue weighted by Gasteiger charge is -2.07. The first kappa shape index (κ1) is 16.4. The van der Waals surface area contributed by atoms with Crippen LogP contribution in [0.3, 0.4) is 0 Å². The van der Waals surface area contributed by atoms with Crippen molar-refractivity contribution in [2.24, 2.45) is 5.10 Å². The Kier molecular flexibility index (Phi) is 5.57. The molecule has 6 nitrogen and oxygen atoms in total. The number of phenolic OH excluding ortho intramolecular Hbond substituents is 1. The average molecular weight is 314 g/mol. The maximum atomic E-state index is 11.7. The molecule has 0 aliphatic rings. The number of aromatic hydroxyl groups is 1. The normalized spacial score (nSPS) is 10.5. The zero-order chi connectivity index (χ0) is 16.7. The Balaban J connectivity index is 1.85. The molecule has 0 bridgehead atoms. The molecule has 120 valence electrons. The van der Waals surface area contributed by atoms with Crippen LogP contribution in [0.15, 0.2) is 47.6 Å². The molecular formula is C17H18N2O4. The van der Waals surface area contributed by atoms with E-state index in [0.29, 0.717) is 17.1 Å². The molecule has 0 saturated heterocycles. The minimum absolute atomic E-state index is 0.0420. The Labute approximate surface area is 134 Å². The lowest BCUT2D eigenvalue weighted by Crippen LogP contribution is -2.24. The number of amides is 1. The van der Waals surface area contributed by atoms with Crippen molar-refractivity contribution in [3.8, 4) is 17.2 Å². The summed E-state index contributed by atoms with van der Waals surface area (Å²) in [4.78, 5) is 11.7. The first-order valence-corrected chi connectivity index (χ1v) is 6.97. The Morgan fingerprint density at radius 3 is 2.78 bits per heavy atom. The summed E-state index contributed by atoms with van der Waals surface area (Å²) in [6.07, 6.45) is 1.45. The summed E-state index contributed by atoms with van der Waals surface area (Å²) in [5, 5.41) is 13.3. The number of hydrogen-bond acceptors (Lipinski definition) is 5. The van der Waals surface area contributed by atoms with E-state index in [2.05, 4.69) is 10.5 Å². The van der Waals surface area contributed by atoms with Crippen LogP contribution in [-0.2, 0) is 4.79 Å². The van der Waals surface area contributed by atoms with Crippen LogP contribution in [0.1, 0.15) is 11.1 Å². The van der Waals surface area contributed by atoms with E-state index in [4.69, 9.17) is 9.47 Å². The number of para-hydroxylation sites is 1. The van der Waals surface area contributed by atoms with Gasteiger partial charge in [-0.05, 0) is 42.3 Å². The monoisotopic (exact) mass is 314 g/mol. The van der Waals surface area contributed by atoms with Gasteiger partial charge in [-0.2, -0.15) is 5.10 Å². The predicted octanol–water partition coefficient (Wildman–Crippen LogP) is 2.24. The Morgan fingerprint density at radius 2 is 2.04 bits per heavy atom. The van der Waals surface area contributed by atoms with Crippen molar-refractivity contribution in [3.05, 3.63) is 53.6 Å². The van der Waals surface area contributed by atoms with E-state index in [1.165, 1.54) is 19.4 Å². The molecule has 0 radical (unpaired) electrons. The predicted molar refractivity (Wildman–Crippen MR) is 87.1 cm³/mol. The third-order valence-corrected chi connectivity index (χ3v) is 3.06. The molecule has 6 heteroatoms. The number of hydrazone groups is 1. The van der Waals surface area contributed by atoms with Crippen LogP contribution >= 0.6 is 0 Å². The van der Waals surface area contributed by atoms with Crippen LogP contribution in [0.2, 0.25) is 0 Å². The fourth-order valence-corrected chi connectivity index (χ4v) is 1.85. The second kappa shape index (κ2) is 7.84. The second-order valence-electron chi connectivity index (χ2n) is 4.78. The van der Waals surface area contributed by atoms with Crippen molar-refractivity contribution < 1.29 is 19.4 Å². The number of carbonyl (C=O) groups is 1. The zero-order valence-electron chi connectivity index (χ0n) is 12.9. The Hall–Kier alpha value is -3.02. The summed E-state index contributed by atoms with van der Waals surface area (Å²) in [6, 6.07) is 12.2. The van der Waals surface area contributed by atoms with Gasteiger partial charge in [-0.3, -0.25) is 4.79 Å². The second-order valence-corrected chi connectivity index (χ2v) is 4.78. The number of benzene rings is 2. The van der Waals surface area contributed by atoms with Gasteiger partial charge >= 0.3 is 0 Å². The number of ether oxygens (including phenoxy) is 2. The van der Waals surface area contributed by atoms with Crippen molar-refractivity contribution >= 4 is 12.1 Å². The first-order valence-electron chi connectivity index (χ1n) is 6.97. The van der Waals surface area contributed by atoms with Gasteiger partial charge in [-0.15, -0.1) is 0 Å². The molecule has 0 unspecified atom stereocenters. The summed E-state index contributed by atoms with van der Waals surface area (Å²) in [7, 11) is 1.46. The van der Waals surface area contributed by atoms with Crippen LogP contribution < -0.4 is 14.9 Å². The topological polar surface area (TPSA) is 80.2 Å². The number of rotatable bonds is 6. The van der Waals surface area contributed by atoms with E-state index in [1.54, 1.807) is 18.2 Å². The summed E-state index contributed by atoms with van der Waals surface area (Å²) < 4.78 is 10.4. The van der Waals surface area contributed by atoms with Crippen LogP contribution in [0.25, 0.3) is 0 Å². The number of methoxy groups -OCH3 is 1. The first-order chi connectivity index (χ1) is 11.1. The number of hydrogen-bond donors (Lipinski definition) is 2. The van der Waals surface area contributed by atoms with Gasteiger partial charge in [0.25, 0.3) is 5.91 Å². The van der Waals surface area contributed by atoms with Gasteiger partial charge in [0.1, 0.15) is 5.75 Å². The zero-order valence-corrected chi connectivity index (χ0v) is 12.9. The summed E-state index contributed by atoms with van der Waals surface area (Å²) in [6.45, 7) is 1.78. The lowest BCUT2D eigenvalue weighted by atomic mass is 10.2. The molecule has 0 spiro atoms. The van der Waals surface area contributed by atoms with Gasteiger partial charge in [-0.1, -0.05) is 18.2 Å². The van der Waals surface area contributed by atoms with Crippen molar-refractivity contribution in [2.45, 2.75) is 6.92 Å². The summed E-state index contributed by atoms with van der Waals surface area (Å²) in [5.41, 5.74) is 4.01. The van der Waals surface area contributed by atoms with Crippen molar-refractivity contribution in [1.29, 1.82) is 0 Å². The van der Waals surface area contributed by atoms with Crippen LogP contribution in [0.5, 0.6) is 17.2 Å². The van der Waals surface area contributed by atoms with Crippen molar-refractivity contribution in [3.63, 3.8) is 0 Å². The van der Waals surface area contributed by atoms with E-state index in [9.17, 15) is 9.90 Å². The van der Waals surface area contributed by atoms with Crippen molar-refractivity contribution in [2.75, 3.05) is 13.7 Å². The van der Waals surface area contributed by atoms with E-state index in [1.807, 2.05) is 25.1 Å². The van der Waals surface area contributed by atoms with Crippen LogP contribution in [-0.4, -0.2) is 30.9 Å². The average Bonchev–Trinajstić information content (AvgIpc) is 2.55. The molecule has 0 atom stereocenters. The maximum Gasteiger partial charge on any atom is 0.277 e. The van der Waals surface area contributed by atoms with Crippen LogP contribution in [0.4, 0.5) is 0 Å². The molecule has 0 heterocycles. The molecule has 2 N–H and O–H groups in total. The minimum Gasteiger partial charge on any atom is -0.504 e. The lowest BCUT2D eigenvalue weighted by molar-refractivity contribution is -0.123. The molecule has 2 rings (SSSR count). The Morgan fingerprint density at radius 1 is 1.26 bits per heavy atom. The van der Waals surface area contributed by atoms with Gasteiger partial charge in [-0.25, -0.2) is 5.43 Å². The molecule has 2 aromatic rings. The molecule has 23 heavy (non-hydrogen) atoms. The standard InChI is InChI=1S/C17H18N2O4/c1-12-5-3-4-6-15(12)23-11-17(21)19-18-10-13-7-8-14(20)16(9-13)22-2/h3-10,20H,11H2,1-2H3,(H,19,21)/b18-10+. The smallest absolute Gasteiger partial charge is 0.277 e. The van der Waals surface area contributed by atoms with E-state index in [0.717, 1.165) is 5.56 Å². The Bertz CT molecular complexity index is 713. The fraction of sp³-hybridized carbons (Fsp3) is 0.176. The molecular weight excluding hydrogens is 296 g/mol. The highest BCUT2D eigenvalue weighted by Crippen LogP contribution is 2.25. The highest BCUT2D eigenvalue weighted by molar-refractivity contribution is 5.83. The third-order valence-electron chi connectivity index (χ3n) is 3.06. The minimum atomic E-state index is -0.366. The molecule has 0 aromatic heterocycles. The van der Waals surface area contributed by atoms with E-state index < -0.39 is 0 Å². The number of phenols is 1. The molecule has 2 aromatic carbocycles. The van der Waals surface area contributed by atoms with Gasteiger partial charge in [0.05, 0.1) is 13.3 Å². The largest absolute Gasteiger partial charge is 0.504 e. The van der Waals surface area contributed by atoms with Gasteiger partial charge in [0.2, 0.25) is 0 Å². The van der Waals surface area contributed by atoms with Gasteiger partial charge in [0.15, 0.2) is 18.1 Å². The molecule has 0 fully saturated rings. The molecule has 0 saturated carbocycles. The van der Waals surface area contributed by atoms with E-state index >= 15 is 0 Å². The van der Waals surface area contributed by atoms with Crippen molar-refractivity contribution in [1.82, 2.24) is 5.43 Å². The fourth-order valence-electron chi connectivity index (χ4n) is 1.85. The highest BCUT2D eigenvalue weighted by atomic mass is 16.5. The maximum absolute atomic E-state index is 11.7. The molecule has 1 amide bonds.